The zero-order chi connectivity index (χ0) is 12.7. The van der Waals surface area contributed by atoms with Gasteiger partial charge in [0.15, 0.2) is 0 Å². The maximum absolute atomic E-state index is 11.1. The quantitative estimate of drug-likeness (QED) is 0.535. The lowest BCUT2D eigenvalue weighted by molar-refractivity contribution is -0.501. The Kier molecular flexibility index (Phi) is 3.15. The fraction of sp³-hybridized carbons (Fsp3) is 0.909. The zero-order valence-corrected chi connectivity index (χ0v) is 10.0. The van der Waals surface area contributed by atoms with Gasteiger partial charge < -0.3 is 14.9 Å². The molecule has 0 aromatic carbocycles. The second-order valence-electron chi connectivity index (χ2n) is 5.01. The van der Waals surface area contributed by atoms with Gasteiger partial charge in [0.2, 0.25) is 0 Å². The number of esters is 1. The molecule has 4 atom stereocenters. The van der Waals surface area contributed by atoms with E-state index < -0.39 is 23.4 Å². The van der Waals surface area contributed by atoms with Crippen LogP contribution in [0.25, 0.3) is 0 Å². The van der Waals surface area contributed by atoms with E-state index in [2.05, 4.69) is 4.74 Å². The molecule has 2 N–H and O–H groups in total. The summed E-state index contributed by atoms with van der Waals surface area (Å²) in [4.78, 5) is 21.5. The van der Waals surface area contributed by atoms with Crippen molar-refractivity contribution in [2.75, 3.05) is 7.11 Å². The van der Waals surface area contributed by atoms with Crippen molar-refractivity contribution in [1.82, 2.24) is 0 Å². The first-order valence-corrected chi connectivity index (χ1v) is 5.73. The van der Waals surface area contributed by atoms with Crippen molar-refractivity contribution < 1.29 is 29.5 Å². The summed E-state index contributed by atoms with van der Waals surface area (Å²) in [5.41, 5.74) is -1.85. The number of methoxy groups -OCH3 is 1. The molecule has 1 saturated carbocycles. The van der Waals surface area contributed by atoms with Crippen LogP contribution in [0.1, 0.15) is 32.6 Å². The third kappa shape index (κ3) is 1.95. The number of aliphatic hydroxyl groups excluding tert-OH is 2. The first-order valence-electron chi connectivity index (χ1n) is 5.73. The molecular formula is C11H18O6. The highest BCUT2D eigenvalue weighted by Gasteiger charge is 2.61. The summed E-state index contributed by atoms with van der Waals surface area (Å²) in [6.07, 6.45) is -0.498. The fourth-order valence-corrected chi connectivity index (χ4v) is 2.47. The number of aliphatic hydroxyl groups is 2. The Balaban J connectivity index is 2.07. The van der Waals surface area contributed by atoms with E-state index in [1.54, 1.807) is 6.92 Å². The smallest absolute Gasteiger partial charge is 0.305 e. The topological polar surface area (TPSA) is 85.2 Å². The van der Waals surface area contributed by atoms with Crippen LogP contribution in [0.2, 0.25) is 0 Å². The van der Waals surface area contributed by atoms with Crippen LogP contribution in [0, 0.1) is 0 Å². The summed E-state index contributed by atoms with van der Waals surface area (Å²) in [6.45, 7) is 1.70. The van der Waals surface area contributed by atoms with Crippen molar-refractivity contribution in [3.05, 3.63) is 0 Å². The molecule has 1 aliphatic carbocycles. The summed E-state index contributed by atoms with van der Waals surface area (Å²) in [5, 5.41) is 20.0. The third-order valence-electron chi connectivity index (χ3n) is 3.89. The van der Waals surface area contributed by atoms with Gasteiger partial charge in [-0.05, 0) is 26.2 Å². The monoisotopic (exact) mass is 246 g/mol. The highest BCUT2D eigenvalue weighted by Crippen LogP contribution is 2.48. The van der Waals surface area contributed by atoms with Gasteiger partial charge in [0, 0.05) is 6.42 Å². The largest absolute Gasteiger partial charge is 0.469 e. The molecule has 0 unspecified atom stereocenters. The molecule has 0 amide bonds. The predicted octanol–water partition coefficient (Wildman–Crippen LogP) is -0.0855. The number of hydrogen-bond acceptors (Lipinski definition) is 6. The van der Waals surface area contributed by atoms with E-state index in [1.165, 1.54) is 7.11 Å². The van der Waals surface area contributed by atoms with Crippen LogP contribution in [-0.4, -0.2) is 46.7 Å². The van der Waals surface area contributed by atoms with Gasteiger partial charge in [-0.1, -0.05) is 0 Å². The molecule has 0 radical (unpaired) electrons. The highest BCUT2D eigenvalue weighted by molar-refractivity contribution is 5.69. The normalized spacial score (nSPS) is 44.7. The number of rotatable bonds is 3. The van der Waals surface area contributed by atoms with E-state index in [1.807, 2.05) is 0 Å². The van der Waals surface area contributed by atoms with E-state index >= 15 is 0 Å². The van der Waals surface area contributed by atoms with Gasteiger partial charge in [-0.25, -0.2) is 9.78 Å². The van der Waals surface area contributed by atoms with Crippen LogP contribution in [-0.2, 0) is 19.3 Å². The van der Waals surface area contributed by atoms with Gasteiger partial charge in [-0.15, -0.1) is 0 Å². The Morgan fingerprint density at radius 2 is 2.06 bits per heavy atom. The summed E-state index contributed by atoms with van der Waals surface area (Å²) < 4.78 is 4.55. The zero-order valence-electron chi connectivity index (χ0n) is 10.0. The number of fused-ring (bicyclic) bond motifs is 3. The maximum atomic E-state index is 11.1. The second kappa shape index (κ2) is 4.20. The van der Waals surface area contributed by atoms with Crippen LogP contribution in [0.3, 0.4) is 0 Å². The number of carbonyl (C=O) groups excluding carboxylic acids is 1. The molecule has 0 spiro atoms. The molecule has 17 heavy (non-hydrogen) atoms. The van der Waals surface area contributed by atoms with E-state index in [0.29, 0.717) is 12.8 Å². The van der Waals surface area contributed by atoms with Crippen molar-refractivity contribution >= 4 is 5.97 Å². The molecule has 0 aromatic heterocycles. The third-order valence-corrected chi connectivity index (χ3v) is 3.89. The SMILES string of the molecule is COC(=O)CC[C@]12CC[C@](C)(OO1)[C@@H](O)[C@H]2O. The molecule has 2 heterocycles. The molecule has 2 aliphatic heterocycles. The number of ether oxygens (including phenoxy) is 1. The predicted molar refractivity (Wildman–Crippen MR) is 55.8 cm³/mol. The van der Waals surface area contributed by atoms with Crippen molar-refractivity contribution in [1.29, 1.82) is 0 Å². The summed E-state index contributed by atoms with van der Waals surface area (Å²) in [5.74, 6) is -0.372. The van der Waals surface area contributed by atoms with Crippen LogP contribution in [0.15, 0.2) is 0 Å². The van der Waals surface area contributed by atoms with Gasteiger partial charge in [0.05, 0.1) is 7.11 Å². The minimum absolute atomic E-state index is 0.125. The van der Waals surface area contributed by atoms with E-state index in [4.69, 9.17) is 9.78 Å². The standard InChI is InChI=1S/C11H18O6/c1-10-5-6-11(17-16-10,9(14)8(10)13)4-3-7(12)15-2/h8-9,13-14H,3-6H2,1-2H3/t8-,9+,10-,11+/m0/s1. The van der Waals surface area contributed by atoms with Gasteiger partial charge in [-0.2, -0.15) is 0 Å². The molecule has 6 nitrogen and oxygen atoms in total. The second-order valence-corrected chi connectivity index (χ2v) is 5.01. The van der Waals surface area contributed by atoms with Crippen LogP contribution in [0.4, 0.5) is 0 Å². The lowest BCUT2D eigenvalue weighted by Crippen LogP contribution is -2.69. The number of hydrogen-bond donors (Lipinski definition) is 2. The Morgan fingerprint density at radius 3 is 2.59 bits per heavy atom. The molecular weight excluding hydrogens is 228 g/mol. The van der Waals surface area contributed by atoms with Crippen LogP contribution in [0.5, 0.6) is 0 Å². The first kappa shape index (κ1) is 12.8. The molecule has 0 aromatic rings. The van der Waals surface area contributed by atoms with Gasteiger partial charge in [0.25, 0.3) is 0 Å². The average molecular weight is 246 g/mol. The minimum atomic E-state index is -1.04. The Bertz CT molecular complexity index is 307. The summed E-state index contributed by atoms with van der Waals surface area (Å²) >= 11 is 0. The summed E-state index contributed by atoms with van der Waals surface area (Å²) in [6, 6.07) is 0. The molecule has 3 fully saturated rings. The Morgan fingerprint density at radius 1 is 1.35 bits per heavy atom. The fourth-order valence-electron chi connectivity index (χ4n) is 2.47. The molecule has 2 bridgehead atoms. The molecule has 98 valence electrons. The molecule has 2 saturated heterocycles. The summed E-state index contributed by atoms with van der Waals surface area (Å²) in [7, 11) is 1.31. The minimum Gasteiger partial charge on any atom is -0.469 e. The van der Waals surface area contributed by atoms with Gasteiger partial charge >= 0.3 is 5.97 Å². The van der Waals surface area contributed by atoms with Crippen molar-refractivity contribution in [3.63, 3.8) is 0 Å². The highest BCUT2D eigenvalue weighted by atomic mass is 17.2. The molecule has 3 rings (SSSR count). The van der Waals surface area contributed by atoms with E-state index in [0.717, 1.165) is 0 Å². The van der Waals surface area contributed by atoms with Crippen molar-refractivity contribution in [2.24, 2.45) is 0 Å². The molecule has 6 heteroatoms. The van der Waals surface area contributed by atoms with Crippen molar-refractivity contribution in [3.8, 4) is 0 Å². The van der Waals surface area contributed by atoms with Crippen molar-refractivity contribution in [2.45, 2.75) is 56.0 Å². The Labute approximate surface area is 99.4 Å². The van der Waals surface area contributed by atoms with Crippen LogP contribution >= 0.6 is 0 Å². The molecule has 3 aliphatic rings. The first-order chi connectivity index (χ1) is 7.93. The van der Waals surface area contributed by atoms with Crippen LogP contribution < -0.4 is 0 Å². The van der Waals surface area contributed by atoms with Gasteiger partial charge in [0.1, 0.15) is 23.4 Å². The lowest BCUT2D eigenvalue weighted by Gasteiger charge is -2.55. The number of carbonyl (C=O) groups is 1. The van der Waals surface area contributed by atoms with Gasteiger partial charge in [-0.3, -0.25) is 4.79 Å². The lowest BCUT2D eigenvalue weighted by atomic mass is 9.70. The maximum Gasteiger partial charge on any atom is 0.305 e. The van der Waals surface area contributed by atoms with E-state index in [9.17, 15) is 15.0 Å². The Hall–Kier alpha value is -0.690. The van der Waals surface area contributed by atoms with E-state index in [-0.39, 0.29) is 18.8 Å². The average Bonchev–Trinajstić information content (AvgIpc) is 2.34.